The number of hydrogen-bond donors (Lipinski definition) is 1. The Morgan fingerprint density at radius 3 is 2.50 bits per heavy atom. The predicted molar refractivity (Wildman–Crippen MR) is 97.5 cm³/mol. The van der Waals surface area contributed by atoms with Gasteiger partial charge in [-0.3, -0.25) is 14.9 Å². The van der Waals surface area contributed by atoms with E-state index in [0.717, 1.165) is 23.9 Å². The molecule has 2 N–H and O–H groups in total. The molecular formula is C18H13F3N2O4S. The Labute approximate surface area is 161 Å². The largest absolute Gasteiger partial charge is 0.490 e. The van der Waals surface area contributed by atoms with Crippen LogP contribution in [0, 0.1) is 10.1 Å². The molecule has 0 aliphatic carbocycles. The van der Waals surface area contributed by atoms with Crippen LogP contribution in [-0.4, -0.2) is 17.8 Å². The van der Waals surface area contributed by atoms with Gasteiger partial charge in [0, 0.05) is 0 Å². The molecular weight excluding hydrogens is 397 g/mol. The molecule has 1 heterocycles. The third-order valence-corrected chi connectivity index (χ3v) is 5.33. The molecule has 10 heteroatoms. The number of alkyl halides is 3. The van der Waals surface area contributed by atoms with E-state index in [2.05, 4.69) is 0 Å². The fourth-order valence-corrected chi connectivity index (χ4v) is 4.08. The molecule has 0 spiro atoms. The Balaban J connectivity index is 2.05. The van der Waals surface area contributed by atoms with Gasteiger partial charge in [-0.1, -0.05) is 36.0 Å². The summed E-state index contributed by atoms with van der Waals surface area (Å²) in [6, 6.07) is 8.53. The van der Waals surface area contributed by atoms with E-state index in [-0.39, 0.29) is 33.2 Å². The van der Waals surface area contributed by atoms with Gasteiger partial charge >= 0.3 is 11.9 Å². The van der Waals surface area contributed by atoms with Crippen molar-refractivity contribution < 1.29 is 27.6 Å². The number of nitro benzene ring substituents is 1. The van der Waals surface area contributed by atoms with Gasteiger partial charge in [0.15, 0.2) is 11.5 Å². The van der Waals surface area contributed by atoms with Gasteiger partial charge in [-0.15, -0.1) is 0 Å². The number of nitro groups is 1. The molecule has 0 amide bonds. The van der Waals surface area contributed by atoms with Crippen LogP contribution in [-0.2, 0) is 11.0 Å². The SMILES string of the molecule is COc1cccc(C2SC(N)=C(c3cccc(C(F)(F)F)c3)C2=O)c1[N+](=O)[O-]. The maximum absolute atomic E-state index is 13.0. The lowest BCUT2D eigenvalue weighted by atomic mass is 9.95. The smallest absolute Gasteiger partial charge is 0.416 e. The second-order valence-electron chi connectivity index (χ2n) is 5.84. The Morgan fingerprint density at radius 2 is 1.89 bits per heavy atom. The van der Waals surface area contributed by atoms with Crippen LogP contribution in [0.5, 0.6) is 5.75 Å². The Hall–Kier alpha value is -3.01. The zero-order valence-corrected chi connectivity index (χ0v) is 15.1. The van der Waals surface area contributed by atoms with Crippen molar-refractivity contribution in [1.29, 1.82) is 0 Å². The lowest BCUT2D eigenvalue weighted by Crippen LogP contribution is -2.10. The molecule has 0 aromatic heterocycles. The predicted octanol–water partition coefficient (Wildman–Crippen LogP) is 4.31. The first kappa shape index (κ1) is 19.7. The Bertz CT molecular complexity index is 1000. The zero-order chi connectivity index (χ0) is 20.6. The number of ether oxygens (including phenoxy) is 1. The molecule has 0 saturated carbocycles. The van der Waals surface area contributed by atoms with Crippen molar-refractivity contribution in [2.24, 2.45) is 5.73 Å². The van der Waals surface area contributed by atoms with Crippen LogP contribution in [0.3, 0.4) is 0 Å². The number of nitrogens with zero attached hydrogens (tertiary/aromatic N) is 1. The molecule has 28 heavy (non-hydrogen) atoms. The molecule has 0 radical (unpaired) electrons. The second-order valence-corrected chi connectivity index (χ2v) is 6.98. The molecule has 1 aliphatic heterocycles. The standard InChI is InChI=1S/C18H13F3N2O4S/c1-27-12-7-3-6-11(14(12)23(25)26)16-15(24)13(17(22)28-16)9-4-2-5-10(8-9)18(19,20)21/h2-8,16H,22H2,1H3. The van der Waals surface area contributed by atoms with Crippen LogP contribution in [0.15, 0.2) is 47.5 Å². The number of ketones is 1. The number of benzene rings is 2. The summed E-state index contributed by atoms with van der Waals surface area (Å²) < 4.78 is 44.0. The summed E-state index contributed by atoms with van der Waals surface area (Å²) in [6.07, 6.45) is -4.58. The van der Waals surface area contributed by atoms with E-state index in [4.69, 9.17) is 10.5 Å². The van der Waals surface area contributed by atoms with E-state index in [1.54, 1.807) is 0 Å². The highest BCUT2D eigenvalue weighted by Crippen LogP contribution is 2.50. The van der Waals surface area contributed by atoms with Crippen molar-refractivity contribution in [3.05, 3.63) is 74.3 Å². The summed E-state index contributed by atoms with van der Waals surface area (Å²) in [5, 5.41) is 10.4. The number of para-hydroxylation sites is 1. The Kier molecular flexibility index (Phi) is 5.07. The van der Waals surface area contributed by atoms with E-state index >= 15 is 0 Å². The van der Waals surface area contributed by atoms with E-state index in [0.29, 0.717) is 0 Å². The third kappa shape index (κ3) is 3.42. The van der Waals surface area contributed by atoms with Crippen LogP contribution in [0.4, 0.5) is 18.9 Å². The van der Waals surface area contributed by atoms with Gasteiger partial charge in [0.25, 0.3) is 0 Å². The van der Waals surface area contributed by atoms with Crippen molar-refractivity contribution >= 4 is 28.8 Å². The number of thioether (sulfide) groups is 1. The first-order valence-electron chi connectivity index (χ1n) is 7.84. The minimum Gasteiger partial charge on any atom is -0.490 e. The monoisotopic (exact) mass is 410 g/mol. The lowest BCUT2D eigenvalue weighted by molar-refractivity contribution is -0.386. The van der Waals surface area contributed by atoms with Crippen molar-refractivity contribution in [2.75, 3.05) is 7.11 Å². The minimum absolute atomic E-state index is 0.00597. The Morgan fingerprint density at radius 1 is 1.21 bits per heavy atom. The highest BCUT2D eigenvalue weighted by molar-refractivity contribution is 8.04. The van der Waals surface area contributed by atoms with E-state index in [9.17, 15) is 28.1 Å². The molecule has 2 aromatic carbocycles. The molecule has 0 saturated heterocycles. The number of hydrogen-bond acceptors (Lipinski definition) is 6. The highest BCUT2D eigenvalue weighted by Gasteiger charge is 2.40. The molecule has 0 fully saturated rings. The van der Waals surface area contributed by atoms with Crippen LogP contribution in [0.2, 0.25) is 0 Å². The molecule has 6 nitrogen and oxygen atoms in total. The van der Waals surface area contributed by atoms with Crippen molar-refractivity contribution in [3.8, 4) is 5.75 Å². The van der Waals surface area contributed by atoms with Gasteiger partial charge in [0.05, 0.1) is 33.8 Å². The molecule has 1 unspecified atom stereocenters. The number of rotatable bonds is 4. The van der Waals surface area contributed by atoms with Crippen LogP contribution >= 0.6 is 11.8 Å². The summed E-state index contributed by atoms with van der Waals surface area (Å²) in [7, 11) is 1.26. The number of nitrogens with two attached hydrogens (primary N) is 1. The van der Waals surface area contributed by atoms with Gasteiger partial charge < -0.3 is 10.5 Å². The number of Topliss-reactive ketones (excluding diaryl/α,β-unsaturated/α-hetero) is 1. The van der Waals surface area contributed by atoms with Crippen molar-refractivity contribution in [3.63, 3.8) is 0 Å². The number of halogens is 3. The molecule has 1 atom stereocenters. The fourth-order valence-electron chi connectivity index (χ4n) is 2.94. The maximum Gasteiger partial charge on any atom is 0.416 e. The number of allylic oxidation sites excluding steroid dienone is 1. The summed E-state index contributed by atoms with van der Waals surface area (Å²) >= 11 is 0.860. The fraction of sp³-hybridized carbons (Fsp3) is 0.167. The number of methoxy groups -OCH3 is 1. The summed E-state index contributed by atoms with van der Waals surface area (Å²) in [5.41, 5.74) is 4.63. The molecule has 2 aromatic rings. The van der Waals surface area contributed by atoms with Gasteiger partial charge in [0.2, 0.25) is 0 Å². The highest BCUT2D eigenvalue weighted by atomic mass is 32.2. The summed E-state index contributed by atoms with van der Waals surface area (Å²) in [6.45, 7) is 0. The van der Waals surface area contributed by atoms with Gasteiger partial charge in [-0.2, -0.15) is 13.2 Å². The maximum atomic E-state index is 13.0. The van der Waals surface area contributed by atoms with Gasteiger partial charge in [-0.25, -0.2) is 0 Å². The van der Waals surface area contributed by atoms with Crippen molar-refractivity contribution in [2.45, 2.75) is 11.4 Å². The normalized spacial score (nSPS) is 17.1. The molecule has 3 rings (SSSR count). The topological polar surface area (TPSA) is 95.5 Å². The zero-order valence-electron chi connectivity index (χ0n) is 14.3. The summed E-state index contributed by atoms with van der Waals surface area (Å²) in [4.78, 5) is 23.8. The first-order valence-corrected chi connectivity index (χ1v) is 8.72. The van der Waals surface area contributed by atoms with E-state index in [1.165, 1.54) is 37.4 Å². The molecule has 0 bridgehead atoms. The molecule has 1 aliphatic rings. The number of carbonyl (C=O) groups is 1. The third-order valence-electron chi connectivity index (χ3n) is 4.17. The number of carbonyl (C=O) groups excluding carboxylic acids is 1. The van der Waals surface area contributed by atoms with Crippen molar-refractivity contribution in [1.82, 2.24) is 0 Å². The van der Waals surface area contributed by atoms with E-state index in [1.807, 2.05) is 0 Å². The summed E-state index contributed by atoms with van der Waals surface area (Å²) in [5.74, 6) is -0.625. The van der Waals surface area contributed by atoms with Crippen LogP contribution < -0.4 is 10.5 Å². The first-order chi connectivity index (χ1) is 13.1. The van der Waals surface area contributed by atoms with E-state index < -0.39 is 27.7 Å². The van der Waals surface area contributed by atoms with Gasteiger partial charge in [0.1, 0.15) is 5.25 Å². The quantitative estimate of drug-likeness (QED) is 0.596. The average Bonchev–Trinajstić information content (AvgIpc) is 2.94. The van der Waals surface area contributed by atoms with Gasteiger partial charge in [-0.05, 0) is 23.8 Å². The minimum atomic E-state index is -4.58. The second kappa shape index (κ2) is 7.19. The van der Waals surface area contributed by atoms with Crippen LogP contribution in [0.25, 0.3) is 5.57 Å². The average molecular weight is 410 g/mol. The molecule has 146 valence electrons. The van der Waals surface area contributed by atoms with Crippen LogP contribution in [0.1, 0.15) is 21.9 Å². The lowest BCUT2D eigenvalue weighted by Gasteiger charge is -2.12.